The van der Waals surface area contributed by atoms with Gasteiger partial charge in [-0.2, -0.15) is 0 Å². The summed E-state index contributed by atoms with van der Waals surface area (Å²) in [5, 5.41) is 17.3. The van der Waals surface area contributed by atoms with Gasteiger partial charge < -0.3 is 9.84 Å². The van der Waals surface area contributed by atoms with E-state index >= 15 is 0 Å². The maximum Gasteiger partial charge on any atom is 0.164 e. The zero-order valence-corrected chi connectivity index (χ0v) is 40.7. The number of ether oxygens (including phenoxy) is 1. The number of rotatable bonds is 10. The quantitative estimate of drug-likeness (QED) is 0.0643. The number of aliphatic hydroxyl groups excluding tert-OH is 1. The Morgan fingerprint density at radius 3 is 1.76 bits per heavy atom. The second-order valence-electron chi connectivity index (χ2n) is 20.9. The molecular formula is C53H70IrNO3-. The van der Waals surface area contributed by atoms with E-state index in [9.17, 15) is 9.90 Å². The van der Waals surface area contributed by atoms with Crippen molar-refractivity contribution >= 4 is 38.1 Å². The monoisotopic (exact) mass is 961 g/mol. The average molecular weight is 961 g/mol. The van der Waals surface area contributed by atoms with Gasteiger partial charge in [-0.05, 0) is 95.0 Å². The standard InChI is InChI=1S/C38H42NO.C15H28O2.Ir/c1-36(2,3)20-23-11-13-28-25(16-23)18-30-34-33-29(14-15-39-34)27-12-10-24(21-37(4,5)6)17-26(27)19-32(33)40-35(30)31(28)22-38(7,8)9;1-7-14(5,8-2)12(16)11-13(17)15(6,9-3)10-4;/h10-17,19H,20-22H2,1-9H3;11,16H,7-10H2,1-6H3;/q-1;;/b;12-11-;. The molecule has 58 heavy (non-hydrogen) atoms. The molecule has 5 aromatic rings. The van der Waals surface area contributed by atoms with Crippen molar-refractivity contribution in [3.05, 3.63) is 89.3 Å². The molecule has 5 heteroatoms. The van der Waals surface area contributed by atoms with E-state index in [4.69, 9.17) is 9.72 Å². The number of carbonyl (C=O) groups excluding carboxylic acids is 1. The van der Waals surface area contributed by atoms with Crippen molar-refractivity contribution in [2.45, 2.75) is 149 Å². The van der Waals surface area contributed by atoms with Gasteiger partial charge in [0.1, 0.15) is 11.5 Å². The molecule has 0 amide bonds. The second-order valence-corrected chi connectivity index (χ2v) is 20.9. The summed E-state index contributed by atoms with van der Waals surface area (Å²) in [6.07, 6.45) is 9.68. The third-order valence-electron chi connectivity index (χ3n) is 12.3. The Bertz CT molecular complexity index is 2300. The van der Waals surface area contributed by atoms with Crippen LogP contribution in [0.2, 0.25) is 0 Å². The number of fused-ring (bicyclic) bond motifs is 5. The first-order valence-electron chi connectivity index (χ1n) is 21.4. The molecule has 4 nitrogen and oxygen atoms in total. The van der Waals surface area contributed by atoms with Crippen LogP contribution in [0.5, 0.6) is 11.5 Å². The third-order valence-corrected chi connectivity index (χ3v) is 12.3. The van der Waals surface area contributed by atoms with Crippen molar-refractivity contribution in [3.8, 4) is 22.8 Å². The van der Waals surface area contributed by atoms with Crippen molar-refractivity contribution in [1.82, 2.24) is 4.98 Å². The molecule has 315 valence electrons. The zero-order valence-electron chi connectivity index (χ0n) is 38.3. The van der Waals surface area contributed by atoms with E-state index in [1.165, 1.54) is 44.3 Å². The summed E-state index contributed by atoms with van der Waals surface area (Å²) in [7, 11) is 0. The molecule has 6 rings (SSSR count). The fourth-order valence-electron chi connectivity index (χ4n) is 8.04. The topological polar surface area (TPSA) is 59.4 Å². The predicted octanol–water partition coefficient (Wildman–Crippen LogP) is 15.5. The summed E-state index contributed by atoms with van der Waals surface area (Å²) in [5.74, 6) is 2.11. The van der Waals surface area contributed by atoms with Crippen LogP contribution in [-0.4, -0.2) is 15.9 Å². The first-order valence-corrected chi connectivity index (χ1v) is 21.4. The molecule has 2 heterocycles. The average Bonchev–Trinajstić information content (AvgIpc) is 3.12. The van der Waals surface area contributed by atoms with E-state index < -0.39 is 0 Å². The normalized spacial score (nSPS) is 13.5. The molecule has 1 aliphatic rings. The Morgan fingerprint density at radius 2 is 1.22 bits per heavy atom. The second kappa shape index (κ2) is 17.6. The van der Waals surface area contributed by atoms with E-state index in [0.717, 1.165) is 78.5 Å². The molecule has 1 radical (unpaired) electrons. The number of hydrogen-bond acceptors (Lipinski definition) is 4. The third kappa shape index (κ3) is 10.4. The molecule has 0 aliphatic carbocycles. The summed E-state index contributed by atoms with van der Waals surface area (Å²) in [5.41, 5.74) is 5.87. The molecule has 0 fully saturated rings. The molecule has 0 atom stereocenters. The summed E-state index contributed by atoms with van der Waals surface area (Å²) < 4.78 is 6.92. The van der Waals surface area contributed by atoms with Gasteiger partial charge in [-0.3, -0.25) is 9.78 Å². The van der Waals surface area contributed by atoms with Gasteiger partial charge in [-0.15, -0.1) is 17.5 Å². The number of aromatic nitrogens is 1. The van der Waals surface area contributed by atoms with Gasteiger partial charge in [0.15, 0.2) is 5.78 Å². The van der Waals surface area contributed by atoms with Crippen LogP contribution in [0.3, 0.4) is 0 Å². The number of pyridine rings is 1. The molecule has 0 saturated carbocycles. The van der Waals surface area contributed by atoms with Crippen LogP contribution in [0, 0.1) is 33.1 Å². The molecule has 4 aromatic carbocycles. The molecule has 0 spiro atoms. The van der Waals surface area contributed by atoms with Crippen molar-refractivity contribution in [2.75, 3.05) is 0 Å². The molecule has 0 bridgehead atoms. The Morgan fingerprint density at radius 1 is 0.690 bits per heavy atom. The minimum Gasteiger partial charge on any atom is -0.512 e. The van der Waals surface area contributed by atoms with Gasteiger partial charge >= 0.3 is 0 Å². The molecular weight excluding hydrogens is 891 g/mol. The van der Waals surface area contributed by atoms with Crippen LogP contribution in [0.15, 0.2) is 66.6 Å². The predicted molar refractivity (Wildman–Crippen MR) is 244 cm³/mol. The van der Waals surface area contributed by atoms with Gasteiger partial charge in [0.25, 0.3) is 0 Å². The van der Waals surface area contributed by atoms with Crippen LogP contribution in [-0.2, 0) is 44.2 Å². The fraction of sp³-hybridized carbons (Fsp3) is 0.509. The summed E-state index contributed by atoms with van der Waals surface area (Å²) in [6.45, 7) is 32.8. The Labute approximate surface area is 364 Å². The van der Waals surface area contributed by atoms with Crippen LogP contribution in [0.4, 0.5) is 0 Å². The van der Waals surface area contributed by atoms with Crippen molar-refractivity contribution in [3.63, 3.8) is 0 Å². The first kappa shape index (κ1) is 47.2. The summed E-state index contributed by atoms with van der Waals surface area (Å²) in [4.78, 5) is 17.1. The van der Waals surface area contributed by atoms with Gasteiger partial charge in [0.2, 0.25) is 0 Å². The van der Waals surface area contributed by atoms with E-state index in [0.29, 0.717) is 0 Å². The number of aliphatic hydroxyl groups is 1. The van der Waals surface area contributed by atoms with Crippen LogP contribution in [0.25, 0.3) is 43.6 Å². The molecule has 0 saturated heterocycles. The number of allylic oxidation sites excluding steroid dienone is 2. The number of hydrogen-bond donors (Lipinski definition) is 1. The van der Waals surface area contributed by atoms with Crippen molar-refractivity contribution < 1.29 is 34.7 Å². The largest absolute Gasteiger partial charge is 0.512 e. The minimum atomic E-state index is -0.337. The number of nitrogens with zero attached hydrogens (tertiary/aromatic N) is 1. The molecule has 1 N–H and O–H groups in total. The Hall–Kier alpha value is -3.53. The van der Waals surface area contributed by atoms with Gasteiger partial charge in [0.05, 0.1) is 5.75 Å². The number of ketones is 1. The van der Waals surface area contributed by atoms with E-state index in [-0.39, 0.29) is 58.7 Å². The summed E-state index contributed by atoms with van der Waals surface area (Å²) in [6, 6.07) is 22.0. The van der Waals surface area contributed by atoms with E-state index in [1.807, 2.05) is 47.7 Å². The maximum atomic E-state index is 12.2. The van der Waals surface area contributed by atoms with Crippen LogP contribution >= 0.6 is 0 Å². The molecule has 0 unspecified atom stereocenters. The minimum absolute atomic E-state index is 0. The van der Waals surface area contributed by atoms with Crippen molar-refractivity contribution in [2.24, 2.45) is 27.1 Å². The fourth-order valence-corrected chi connectivity index (χ4v) is 8.04. The Balaban J connectivity index is 0.000000353. The summed E-state index contributed by atoms with van der Waals surface area (Å²) >= 11 is 0. The van der Waals surface area contributed by atoms with Crippen LogP contribution in [0.1, 0.15) is 146 Å². The zero-order chi connectivity index (χ0) is 42.3. The smallest absolute Gasteiger partial charge is 0.164 e. The van der Waals surface area contributed by atoms with Crippen molar-refractivity contribution in [1.29, 1.82) is 0 Å². The van der Waals surface area contributed by atoms with Gasteiger partial charge in [-0.1, -0.05) is 156 Å². The van der Waals surface area contributed by atoms with E-state index in [1.54, 1.807) is 0 Å². The van der Waals surface area contributed by atoms with E-state index in [2.05, 4.69) is 117 Å². The van der Waals surface area contributed by atoms with Gasteiger partial charge in [-0.25, -0.2) is 0 Å². The SMILES string of the molecule is CC(C)(C)Cc1ccc2c(CC(C)(C)C)c3c([c-]c2c1)-c1nccc2c1c(cc1cc(CC(C)(C)C)ccc12)O3.CCC(C)(CC)C(=O)/C=C(\O)C(C)(CC)CC.[Ir]. The Kier molecular flexibility index (Phi) is 14.3. The van der Waals surface area contributed by atoms with Gasteiger partial charge in [0, 0.05) is 54.3 Å². The van der Waals surface area contributed by atoms with Crippen LogP contribution < -0.4 is 4.74 Å². The number of carbonyl (C=O) groups is 1. The molecule has 1 aliphatic heterocycles. The number of benzene rings is 4. The maximum absolute atomic E-state index is 12.2. The first-order chi connectivity index (χ1) is 26.4. The molecule has 1 aromatic heterocycles.